The van der Waals surface area contributed by atoms with E-state index in [-0.39, 0.29) is 80.7 Å². The van der Waals surface area contributed by atoms with Gasteiger partial charge in [0, 0.05) is 54.0 Å². The number of anilines is 5. The number of nitrogens with one attached hydrogen (secondary N) is 3. The lowest BCUT2D eigenvalue weighted by atomic mass is 10.0. The monoisotopic (exact) mass is 1620 g/mol. The van der Waals surface area contributed by atoms with Crippen LogP contribution in [-0.4, -0.2) is 95.4 Å². The molecular weight excluding hydrogens is 1550 g/mol. The Morgan fingerprint density at radius 2 is 0.672 bits per heavy atom. The molecule has 30 heteroatoms. The van der Waals surface area contributed by atoms with Crippen LogP contribution in [0.4, 0.5) is 51.2 Å². The van der Waals surface area contributed by atoms with Crippen LogP contribution in [0.1, 0.15) is 90.6 Å². The molecule has 0 bridgehead atoms. The number of amides is 5. The summed E-state index contributed by atoms with van der Waals surface area (Å²) in [5.41, 5.74) is 27.9. The maximum Gasteiger partial charge on any atom is 1.00 e. The number of primary amides is 2. The number of nitrogens with two attached hydrogens (primary N) is 4. The number of nitrogens with zero attached hydrogens (tertiary/aromatic N) is 4. The molecule has 0 saturated heterocycles. The van der Waals surface area contributed by atoms with Crippen molar-refractivity contribution >= 4 is 160 Å². The lowest BCUT2D eigenvalue weighted by Gasteiger charge is -2.13. The van der Waals surface area contributed by atoms with Crippen LogP contribution in [0.3, 0.4) is 0 Å². The summed E-state index contributed by atoms with van der Waals surface area (Å²) in [4.78, 5) is 82.7. The minimum atomic E-state index is -1.13. The molecule has 0 heterocycles. The highest BCUT2D eigenvalue weighted by atomic mass is 35.5. The van der Waals surface area contributed by atoms with Gasteiger partial charge >= 0.3 is 13.4 Å². The first kappa shape index (κ1) is 85.2. The molecule has 0 fully saturated rings. The first-order chi connectivity index (χ1) is 55.4. The van der Waals surface area contributed by atoms with Gasteiger partial charge in [0.25, 0.3) is 17.7 Å². The van der Waals surface area contributed by atoms with Gasteiger partial charge in [-0.3, -0.25) is 24.0 Å². The van der Waals surface area contributed by atoms with Crippen molar-refractivity contribution in [2.45, 2.75) is 20.8 Å². The number of phenolic OH excluding ortho intramolecular Hbond substituents is 3. The number of aromatic carboxylic acids is 2. The number of hydrogen-bond acceptors (Lipinski definition) is 20. The van der Waals surface area contributed by atoms with E-state index >= 15 is 0 Å². The smallest absolute Gasteiger partial charge is 0.507 e. The van der Waals surface area contributed by atoms with Gasteiger partial charge in [-0.15, -0.1) is 20.5 Å². The molecule has 0 atom stereocenters. The van der Waals surface area contributed by atoms with Crippen molar-refractivity contribution in [3.63, 3.8) is 0 Å². The van der Waals surface area contributed by atoms with Crippen LogP contribution < -0.4 is 57.8 Å². The SMILES string of the molecule is COc1ccc(C(=O)O)cc1N.COc1ccc(C(=O)O)cc1N=Nc1c(O)c(C(=O)Nc2ccc(Cl)cc2C)cc2ccccc12.COc1ccc(C(N)=O)cc1N.COc1ccc(C(N)=O)cc1N=Nc1c(O)c(C(=O)Nc2ccc(Cl)cc2C)cc2ccccc12.Cc1cc(Cl)ccc1NC(=O)c1cc2ccccc2cc1O.[H+]. The van der Waals surface area contributed by atoms with Gasteiger partial charge in [-0.1, -0.05) is 108 Å². The third kappa shape index (κ3) is 21.4. The number of nitrogen functional groups attached to an aromatic ring is 2. The molecule has 590 valence electrons. The van der Waals surface area contributed by atoms with Crippen molar-refractivity contribution in [2.75, 3.05) is 55.9 Å². The predicted molar refractivity (Wildman–Crippen MR) is 450 cm³/mol. The van der Waals surface area contributed by atoms with Gasteiger partial charge in [0.1, 0.15) is 51.5 Å². The summed E-state index contributed by atoms with van der Waals surface area (Å²) in [5.74, 6) is -3.74. The van der Waals surface area contributed by atoms with Crippen molar-refractivity contribution in [1.29, 1.82) is 0 Å². The van der Waals surface area contributed by atoms with Crippen LogP contribution in [0.15, 0.2) is 245 Å². The molecule has 0 unspecified atom stereocenters. The van der Waals surface area contributed by atoms with Gasteiger partial charge in [-0.25, -0.2) is 9.59 Å². The van der Waals surface area contributed by atoms with E-state index in [4.69, 9.17) is 81.8 Å². The molecule has 5 amide bonds. The highest BCUT2D eigenvalue weighted by Crippen LogP contribution is 2.44. The second-order valence-corrected chi connectivity index (χ2v) is 26.4. The summed E-state index contributed by atoms with van der Waals surface area (Å²) in [7, 11) is 5.86. The first-order valence-electron chi connectivity index (χ1n) is 34.5. The predicted octanol–water partition coefficient (Wildman–Crippen LogP) is 19.4. The number of azo groups is 2. The van der Waals surface area contributed by atoms with E-state index in [9.17, 15) is 54.0 Å². The molecule has 0 spiro atoms. The number of carbonyl (C=O) groups is 7. The summed E-state index contributed by atoms with van der Waals surface area (Å²) in [6.45, 7) is 5.48. The van der Waals surface area contributed by atoms with Crippen LogP contribution in [0.2, 0.25) is 15.1 Å². The zero-order chi connectivity index (χ0) is 84.2. The fraction of sp³-hybridized carbons (Fsp3) is 0.0814. The quantitative estimate of drug-likeness (QED) is 0.0280. The largest absolute Gasteiger partial charge is 1.00 e. The van der Waals surface area contributed by atoms with E-state index in [1.165, 1.54) is 83.0 Å². The van der Waals surface area contributed by atoms with Gasteiger partial charge in [-0.05, 0) is 211 Å². The Morgan fingerprint density at radius 3 is 1.03 bits per heavy atom. The van der Waals surface area contributed by atoms with Crippen molar-refractivity contribution in [1.82, 2.24) is 0 Å². The van der Waals surface area contributed by atoms with Crippen LogP contribution >= 0.6 is 34.8 Å². The van der Waals surface area contributed by atoms with E-state index in [0.717, 1.165) is 27.5 Å². The molecule has 13 aromatic rings. The van der Waals surface area contributed by atoms with E-state index in [0.29, 0.717) is 93.6 Å². The van der Waals surface area contributed by atoms with Crippen LogP contribution in [0.5, 0.6) is 40.2 Å². The number of halogens is 3. The van der Waals surface area contributed by atoms with Gasteiger partial charge in [0.05, 0.1) is 67.6 Å². The minimum Gasteiger partial charge on any atom is -0.507 e. The maximum absolute atomic E-state index is 13.1. The van der Waals surface area contributed by atoms with Crippen molar-refractivity contribution < 1.29 is 79.5 Å². The molecule has 0 aliphatic carbocycles. The number of ether oxygens (including phenoxy) is 4. The van der Waals surface area contributed by atoms with E-state index in [1.807, 2.05) is 44.2 Å². The number of methoxy groups -OCH3 is 4. The number of hydrogen-bond donors (Lipinski definition) is 12. The lowest BCUT2D eigenvalue weighted by Crippen LogP contribution is -2.13. The second kappa shape index (κ2) is 38.9. The third-order valence-electron chi connectivity index (χ3n) is 17.3. The second-order valence-electron chi connectivity index (χ2n) is 25.1. The molecule has 0 aromatic heterocycles. The standard InChI is InChI=1S/C26H21ClN4O4.C26H20ClN3O5.C18H14ClNO2.C8H10N2O2.C8H9NO3/c1-14-11-17(27)8-9-20(14)29-26(34)19-12-15-5-3-4-6-18(15)23(24(19)32)31-30-21-13-16(25(28)33)7-10-22(21)35-2;1-14-11-17(27)8-9-20(14)28-25(32)19-12-15-5-3-4-6-18(15)23(24(19)31)30-29-21-13-16(26(33)34)7-10-22(21)35-2;1-11-8-14(19)6-7-16(11)20-18(22)15-9-12-4-2-3-5-13(12)10-17(15)21;2*1-12-7-3-2-5(8(10)11)4-6(7)9/h3-13,32H,1-2H3,(H2,28,33)(H,29,34);3-13,31H,1-2H3,(H,28,32)(H,33,34);2-10,21H,1H3,(H,20,22);2-4H,9H2,1H3,(H2,10,11);2-4H,9H2,1H3,(H,10,11)/p+1. The number of phenols is 3. The number of carboxylic acids is 2. The fourth-order valence-corrected chi connectivity index (χ4v) is 11.9. The Labute approximate surface area is 679 Å². The highest BCUT2D eigenvalue weighted by Gasteiger charge is 2.23. The summed E-state index contributed by atoms with van der Waals surface area (Å²) in [6.07, 6.45) is 0. The number of carbonyl (C=O) groups excluding carboxylic acids is 5. The minimum absolute atomic E-state index is 0. The van der Waals surface area contributed by atoms with Gasteiger partial charge in [0.15, 0.2) is 11.5 Å². The zero-order valence-corrected chi connectivity index (χ0v) is 65.1. The Kier molecular flexibility index (Phi) is 28.6. The highest BCUT2D eigenvalue weighted by molar-refractivity contribution is 6.31. The number of fused-ring (bicyclic) bond motifs is 3. The number of benzene rings is 13. The molecule has 16 N–H and O–H groups in total. The van der Waals surface area contributed by atoms with Crippen LogP contribution in [0.25, 0.3) is 32.3 Å². The fourth-order valence-electron chi connectivity index (χ4n) is 11.3. The number of rotatable bonds is 18. The molecule has 116 heavy (non-hydrogen) atoms. The first-order valence-corrected chi connectivity index (χ1v) is 35.6. The van der Waals surface area contributed by atoms with Crippen molar-refractivity contribution in [2.24, 2.45) is 31.9 Å². The molecule has 0 radical (unpaired) electrons. The van der Waals surface area contributed by atoms with Crippen molar-refractivity contribution in [3.8, 4) is 40.2 Å². The summed E-state index contributed by atoms with van der Waals surface area (Å²) in [6, 6.07) is 61.2. The summed E-state index contributed by atoms with van der Waals surface area (Å²) >= 11 is 17.9. The average Bonchev–Trinajstić information content (AvgIpc) is 0.782. The average molecular weight is 1620 g/mol. The summed E-state index contributed by atoms with van der Waals surface area (Å²) in [5, 5.41) is 81.2. The van der Waals surface area contributed by atoms with E-state index < -0.39 is 35.6 Å². The number of carboxylic acid groups (broad SMARTS) is 2. The normalized spacial score (nSPS) is 10.6. The molecular formula is C86H75Cl3N11O16+. The Bertz CT molecular complexity index is 5760. The molecule has 0 aliphatic rings. The molecule has 0 aliphatic heterocycles. The third-order valence-corrected chi connectivity index (χ3v) is 18.0. The van der Waals surface area contributed by atoms with Gasteiger partial charge in [0.2, 0.25) is 11.8 Å². The van der Waals surface area contributed by atoms with Crippen LogP contribution in [0, 0.1) is 20.8 Å². The van der Waals surface area contributed by atoms with Crippen molar-refractivity contribution in [3.05, 3.63) is 295 Å². The maximum atomic E-state index is 13.1. The molecule has 0 saturated carbocycles. The number of aromatic hydroxyl groups is 3. The molecule has 13 rings (SSSR count). The number of aryl methyl sites for hydroxylation is 3. The molecule has 27 nitrogen and oxygen atoms in total. The van der Waals surface area contributed by atoms with Crippen LogP contribution in [-0.2, 0) is 0 Å². The summed E-state index contributed by atoms with van der Waals surface area (Å²) < 4.78 is 20.3. The Balaban J connectivity index is 0.000000194. The Hall–Kier alpha value is -14.8. The topological polar surface area (TPSA) is 447 Å². The van der Waals surface area contributed by atoms with E-state index in [2.05, 4.69) is 36.4 Å². The Morgan fingerprint density at radius 1 is 0.362 bits per heavy atom. The lowest BCUT2D eigenvalue weighted by molar-refractivity contribution is 0.0686. The van der Waals surface area contributed by atoms with Gasteiger partial charge in [-0.2, -0.15) is 0 Å². The molecule has 13 aromatic carbocycles. The van der Waals surface area contributed by atoms with E-state index in [1.54, 1.807) is 146 Å². The van der Waals surface area contributed by atoms with Gasteiger partial charge < -0.3 is 83.4 Å². The zero-order valence-electron chi connectivity index (χ0n) is 63.8.